The summed E-state index contributed by atoms with van der Waals surface area (Å²) in [6, 6.07) is 8.29. The summed E-state index contributed by atoms with van der Waals surface area (Å²) in [6.45, 7) is 6.60. The van der Waals surface area contributed by atoms with Crippen LogP contribution in [0.4, 0.5) is 5.69 Å². The summed E-state index contributed by atoms with van der Waals surface area (Å²) in [7, 11) is 2.08. The van der Waals surface area contributed by atoms with Gasteiger partial charge in [0, 0.05) is 20.1 Å². The van der Waals surface area contributed by atoms with Crippen LogP contribution in [-0.4, -0.2) is 38.1 Å². The summed E-state index contributed by atoms with van der Waals surface area (Å²) in [4.78, 5) is 4.70. The van der Waals surface area contributed by atoms with Gasteiger partial charge in [-0.2, -0.15) is 5.26 Å². The molecule has 1 aliphatic rings. The fraction of sp³-hybridized carbons (Fsp3) is 0.533. The first-order valence-corrected chi connectivity index (χ1v) is 6.65. The van der Waals surface area contributed by atoms with E-state index in [-0.39, 0.29) is 0 Å². The number of benzene rings is 1. The lowest BCUT2D eigenvalue weighted by Crippen LogP contribution is -2.31. The second-order valence-electron chi connectivity index (χ2n) is 5.10. The third-order valence-corrected chi connectivity index (χ3v) is 3.64. The van der Waals surface area contributed by atoms with E-state index in [1.807, 2.05) is 12.1 Å². The molecule has 0 radical (unpaired) electrons. The van der Waals surface area contributed by atoms with Crippen molar-refractivity contribution >= 4 is 5.69 Å². The lowest BCUT2D eigenvalue weighted by atomic mass is 10.1. The largest absolute Gasteiger partial charge is 0.372 e. The molecule has 0 atom stereocenters. The molecular weight excluding hydrogens is 222 g/mol. The molecule has 2 rings (SSSR count). The van der Waals surface area contributed by atoms with Crippen molar-refractivity contribution in [1.29, 1.82) is 5.26 Å². The maximum absolute atomic E-state index is 9.15. The third kappa shape index (κ3) is 3.02. The maximum Gasteiger partial charge on any atom is 0.101 e. The van der Waals surface area contributed by atoms with Crippen LogP contribution in [-0.2, 0) is 0 Å². The molecule has 96 valence electrons. The Labute approximate surface area is 110 Å². The van der Waals surface area contributed by atoms with Crippen molar-refractivity contribution in [3.05, 3.63) is 29.3 Å². The van der Waals surface area contributed by atoms with Crippen LogP contribution in [0.25, 0.3) is 0 Å². The van der Waals surface area contributed by atoms with Crippen LogP contribution < -0.4 is 4.90 Å². The van der Waals surface area contributed by atoms with Gasteiger partial charge in [-0.05, 0) is 50.6 Å². The first-order chi connectivity index (χ1) is 8.70. The van der Waals surface area contributed by atoms with E-state index in [0.29, 0.717) is 0 Å². The summed E-state index contributed by atoms with van der Waals surface area (Å²) in [5.41, 5.74) is 3.03. The minimum atomic E-state index is 0.768. The number of aryl methyl sites for hydroxylation is 1. The molecule has 1 saturated heterocycles. The Morgan fingerprint density at radius 3 is 2.72 bits per heavy atom. The smallest absolute Gasteiger partial charge is 0.101 e. The Morgan fingerprint density at radius 2 is 2.06 bits per heavy atom. The molecule has 18 heavy (non-hydrogen) atoms. The number of likely N-dealkylation sites (tertiary alicyclic amines) is 1. The highest BCUT2D eigenvalue weighted by molar-refractivity contribution is 5.60. The maximum atomic E-state index is 9.15. The van der Waals surface area contributed by atoms with E-state index in [2.05, 4.69) is 35.9 Å². The molecule has 1 aliphatic heterocycles. The van der Waals surface area contributed by atoms with E-state index in [4.69, 9.17) is 5.26 Å². The van der Waals surface area contributed by atoms with Crippen molar-refractivity contribution in [2.75, 3.05) is 38.1 Å². The minimum Gasteiger partial charge on any atom is -0.372 e. The third-order valence-electron chi connectivity index (χ3n) is 3.64. The first-order valence-electron chi connectivity index (χ1n) is 6.65. The number of hydrogen-bond acceptors (Lipinski definition) is 3. The Morgan fingerprint density at radius 1 is 1.33 bits per heavy atom. The van der Waals surface area contributed by atoms with Crippen molar-refractivity contribution in [3.63, 3.8) is 0 Å². The standard InChI is InChI=1S/C15H21N3/c1-13-5-6-14(12-16)15(11-13)17(2)9-10-18-7-3-4-8-18/h5-6,11H,3-4,7-10H2,1-2H3. The first kappa shape index (κ1) is 12.9. The van der Waals surface area contributed by atoms with Gasteiger partial charge in [-0.25, -0.2) is 0 Å². The van der Waals surface area contributed by atoms with Gasteiger partial charge in [0.1, 0.15) is 6.07 Å². The molecule has 0 saturated carbocycles. The second kappa shape index (κ2) is 5.88. The molecule has 0 spiro atoms. The van der Waals surface area contributed by atoms with Gasteiger partial charge < -0.3 is 9.80 Å². The summed E-state index contributed by atoms with van der Waals surface area (Å²) in [5, 5.41) is 9.15. The van der Waals surface area contributed by atoms with Crippen molar-refractivity contribution in [2.45, 2.75) is 19.8 Å². The van der Waals surface area contributed by atoms with Crippen LogP contribution in [0.3, 0.4) is 0 Å². The molecule has 0 N–H and O–H groups in total. The van der Waals surface area contributed by atoms with Gasteiger partial charge >= 0.3 is 0 Å². The summed E-state index contributed by atoms with van der Waals surface area (Å²) < 4.78 is 0. The minimum absolute atomic E-state index is 0.768. The molecule has 0 bridgehead atoms. The van der Waals surface area contributed by atoms with E-state index in [1.54, 1.807) is 0 Å². The summed E-state index contributed by atoms with van der Waals surface area (Å²) in [6.07, 6.45) is 2.66. The molecule has 0 amide bonds. The van der Waals surface area contributed by atoms with Crippen LogP contribution in [0.15, 0.2) is 18.2 Å². The number of nitriles is 1. The molecule has 1 aromatic carbocycles. The number of rotatable bonds is 4. The van der Waals surface area contributed by atoms with E-state index >= 15 is 0 Å². The molecule has 3 heteroatoms. The van der Waals surface area contributed by atoms with Crippen molar-refractivity contribution in [1.82, 2.24) is 4.90 Å². The zero-order valence-corrected chi connectivity index (χ0v) is 11.3. The molecule has 3 nitrogen and oxygen atoms in total. The van der Waals surface area contributed by atoms with Gasteiger partial charge in [-0.1, -0.05) is 6.07 Å². The summed E-state index contributed by atoms with van der Waals surface area (Å²) >= 11 is 0. The van der Waals surface area contributed by atoms with Crippen molar-refractivity contribution in [2.24, 2.45) is 0 Å². The molecule has 0 aromatic heterocycles. The quantitative estimate of drug-likeness (QED) is 0.813. The van der Waals surface area contributed by atoms with Crippen LogP contribution >= 0.6 is 0 Å². The number of nitrogens with zero attached hydrogens (tertiary/aromatic N) is 3. The van der Waals surface area contributed by atoms with E-state index < -0.39 is 0 Å². The van der Waals surface area contributed by atoms with Crippen LogP contribution in [0, 0.1) is 18.3 Å². The average molecular weight is 243 g/mol. The predicted molar refractivity (Wildman–Crippen MR) is 74.8 cm³/mol. The zero-order chi connectivity index (χ0) is 13.0. The normalized spacial score (nSPS) is 15.6. The van der Waals surface area contributed by atoms with Gasteiger partial charge in [0.2, 0.25) is 0 Å². The highest BCUT2D eigenvalue weighted by atomic mass is 15.2. The fourth-order valence-electron chi connectivity index (χ4n) is 2.47. The molecular formula is C15H21N3. The van der Waals surface area contributed by atoms with Gasteiger partial charge in [-0.3, -0.25) is 0 Å². The van der Waals surface area contributed by atoms with Crippen LogP contribution in [0.5, 0.6) is 0 Å². The van der Waals surface area contributed by atoms with E-state index in [0.717, 1.165) is 24.3 Å². The number of hydrogen-bond donors (Lipinski definition) is 0. The molecule has 1 aromatic rings. The van der Waals surface area contributed by atoms with Gasteiger partial charge in [0.15, 0.2) is 0 Å². The number of anilines is 1. The second-order valence-corrected chi connectivity index (χ2v) is 5.10. The Kier molecular flexibility index (Phi) is 4.22. The monoisotopic (exact) mass is 243 g/mol. The lowest BCUT2D eigenvalue weighted by Gasteiger charge is -2.24. The highest BCUT2D eigenvalue weighted by Gasteiger charge is 2.13. The van der Waals surface area contributed by atoms with Crippen LogP contribution in [0.2, 0.25) is 0 Å². The molecule has 0 unspecified atom stereocenters. The SMILES string of the molecule is Cc1ccc(C#N)c(N(C)CCN2CCCC2)c1. The Hall–Kier alpha value is -1.53. The van der Waals surface area contributed by atoms with Crippen molar-refractivity contribution in [3.8, 4) is 6.07 Å². The van der Waals surface area contributed by atoms with E-state index in [1.165, 1.54) is 31.5 Å². The zero-order valence-electron chi connectivity index (χ0n) is 11.3. The van der Waals surface area contributed by atoms with E-state index in [9.17, 15) is 0 Å². The van der Waals surface area contributed by atoms with Gasteiger partial charge in [-0.15, -0.1) is 0 Å². The Balaban J connectivity index is 2.01. The van der Waals surface area contributed by atoms with Gasteiger partial charge in [0.25, 0.3) is 0 Å². The number of likely N-dealkylation sites (N-methyl/N-ethyl adjacent to an activating group) is 1. The van der Waals surface area contributed by atoms with Gasteiger partial charge in [0.05, 0.1) is 11.3 Å². The lowest BCUT2D eigenvalue weighted by molar-refractivity contribution is 0.346. The predicted octanol–water partition coefficient (Wildman–Crippen LogP) is 2.40. The average Bonchev–Trinajstić information content (AvgIpc) is 2.89. The molecule has 1 heterocycles. The van der Waals surface area contributed by atoms with Crippen molar-refractivity contribution < 1.29 is 0 Å². The van der Waals surface area contributed by atoms with Crippen LogP contribution in [0.1, 0.15) is 24.0 Å². The summed E-state index contributed by atoms with van der Waals surface area (Å²) in [5.74, 6) is 0. The highest BCUT2D eigenvalue weighted by Crippen LogP contribution is 2.20. The Bertz CT molecular complexity index is 442. The topological polar surface area (TPSA) is 30.3 Å². The molecule has 1 fully saturated rings. The molecule has 0 aliphatic carbocycles. The fourth-order valence-corrected chi connectivity index (χ4v) is 2.47.